The van der Waals surface area contributed by atoms with Gasteiger partial charge in [0.15, 0.2) is 11.5 Å². The molecule has 1 aromatic carbocycles. The number of hydrogen-bond donors (Lipinski definition) is 1. The van der Waals surface area contributed by atoms with Gasteiger partial charge in [0.1, 0.15) is 23.1 Å². The molecule has 9 heteroatoms. The van der Waals surface area contributed by atoms with E-state index in [0.717, 1.165) is 18.0 Å². The summed E-state index contributed by atoms with van der Waals surface area (Å²) < 4.78 is 27.4. The highest BCUT2D eigenvalue weighted by Gasteiger charge is 2.24. The lowest BCUT2D eigenvalue weighted by atomic mass is 10.2. The van der Waals surface area contributed by atoms with Gasteiger partial charge in [0.05, 0.1) is 0 Å². The quantitative estimate of drug-likeness (QED) is 0.731. The van der Waals surface area contributed by atoms with Crippen molar-refractivity contribution in [3.63, 3.8) is 0 Å². The Morgan fingerprint density at radius 2 is 1.66 bits per heavy atom. The van der Waals surface area contributed by atoms with E-state index in [1.807, 2.05) is 18.2 Å². The van der Waals surface area contributed by atoms with E-state index in [-0.39, 0.29) is 23.1 Å². The summed E-state index contributed by atoms with van der Waals surface area (Å²) in [4.78, 5) is 20.8. The van der Waals surface area contributed by atoms with Gasteiger partial charge in [-0.25, -0.2) is 13.8 Å². The summed E-state index contributed by atoms with van der Waals surface area (Å²) in [6.07, 6.45) is 1.74. The first kappa shape index (κ1) is 18.7. The number of anilines is 3. The van der Waals surface area contributed by atoms with Crippen LogP contribution in [0.4, 0.5) is 26.1 Å². The van der Waals surface area contributed by atoms with Crippen molar-refractivity contribution in [1.29, 1.82) is 0 Å². The summed E-state index contributed by atoms with van der Waals surface area (Å²) in [5.74, 6) is -0.682. The maximum absolute atomic E-state index is 13.7. The predicted molar refractivity (Wildman–Crippen MR) is 104 cm³/mol. The van der Waals surface area contributed by atoms with Gasteiger partial charge < -0.3 is 15.1 Å². The first-order valence-corrected chi connectivity index (χ1v) is 9.12. The molecule has 0 bridgehead atoms. The Balaban J connectivity index is 1.39. The monoisotopic (exact) mass is 396 g/mol. The van der Waals surface area contributed by atoms with E-state index in [9.17, 15) is 13.6 Å². The number of piperazine rings is 1. The fourth-order valence-corrected chi connectivity index (χ4v) is 3.10. The van der Waals surface area contributed by atoms with E-state index in [1.165, 1.54) is 18.2 Å². The minimum atomic E-state index is -0.738. The largest absolute Gasteiger partial charge is 0.353 e. The molecule has 1 fully saturated rings. The minimum Gasteiger partial charge on any atom is -0.353 e. The van der Waals surface area contributed by atoms with Crippen LogP contribution in [0, 0.1) is 11.6 Å². The van der Waals surface area contributed by atoms with E-state index in [0.29, 0.717) is 26.2 Å². The molecule has 7 nitrogen and oxygen atoms in total. The first-order valence-electron chi connectivity index (χ1n) is 9.12. The molecule has 0 aliphatic carbocycles. The summed E-state index contributed by atoms with van der Waals surface area (Å²) in [5.41, 5.74) is -0.137. The van der Waals surface area contributed by atoms with Crippen molar-refractivity contribution in [3.05, 3.63) is 72.1 Å². The molecule has 0 radical (unpaired) electrons. The average Bonchev–Trinajstić information content (AvgIpc) is 2.77. The van der Waals surface area contributed by atoms with E-state index >= 15 is 0 Å². The van der Waals surface area contributed by atoms with Crippen molar-refractivity contribution in [1.82, 2.24) is 20.1 Å². The van der Waals surface area contributed by atoms with Gasteiger partial charge in [0, 0.05) is 32.4 Å². The van der Waals surface area contributed by atoms with E-state index in [4.69, 9.17) is 0 Å². The normalized spacial score (nSPS) is 14.0. The summed E-state index contributed by atoms with van der Waals surface area (Å²) in [6, 6.07) is 12.2. The molecule has 2 aromatic heterocycles. The topological polar surface area (TPSA) is 74.2 Å². The van der Waals surface area contributed by atoms with Gasteiger partial charge in [-0.1, -0.05) is 12.1 Å². The van der Waals surface area contributed by atoms with Crippen LogP contribution in [-0.4, -0.2) is 52.2 Å². The van der Waals surface area contributed by atoms with Crippen molar-refractivity contribution in [2.45, 2.75) is 0 Å². The van der Waals surface area contributed by atoms with E-state index < -0.39 is 11.6 Å². The minimum absolute atomic E-state index is 0.144. The molecule has 4 rings (SSSR count). The number of carbonyl (C=O) groups excluding carboxylic acids is 1. The van der Waals surface area contributed by atoms with Crippen LogP contribution in [0.25, 0.3) is 0 Å². The Morgan fingerprint density at radius 1 is 0.897 bits per heavy atom. The lowest BCUT2D eigenvalue weighted by Crippen LogP contribution is -2.49. The van der Waals surface area contributed by atoms with Crippen molar-refractivity contribution in [2.24, 2.45) is 0 Å². The molecule has 1 saturated heterocycles. The molecule has 3 heterocycles. The third-order valence-corrected chi connectivity index (χ3v) is 4.64. The number of para-hydroxylation sites is 1. The Hall–Kier alpha value is -3.62. The van der Waals surface area contributed by atoms with Gasteiger partial charge in [-0.3, -0.25) is 4.79 Å². The van der Waals surface area contributed by atoms with Crippen molar-refractivity contribution >= 4 is 23.2 Å². The number of nitrogens with zero attached hydrogens (tertiary/aromatic N) is 5. The van der Waals surface area contributed by atoms with Crippen molar-refractivity contribution < 1.29 is 13.6 Å². The van der Waals surface area contributed by atoms with Crippen LogP contribution in [0.2, 0.25) is 0 Å². The molecule has 0 saturated carbocycles. The van der Waals surface area contributed by atoms with Crippen LogP contribution >= 0.6 is 0 Å². The SMILES string of the molecule is O=C(c1ccc(Nc2c(F)cccc2F)nn1)N1CCN(c2ccccn2)CC1. The highest BCUT2D eigenvalue weighted by molar-refractivity contribution is 5.92. The summed E-state index contributed by atoms with van der Waals surface area (Å²) in [5, 5.41) is 10.3. The number of rotatable bonds is 4. The predicted octanol–water partition coefficient (Wildman–Crippen LogP) is 2.86. The lowest BCUT2D eigenvalue weighted by Gasteiger charge is -2.35. The van der Waals surface area contributed by atoms with Crippen molar-refractivity contribution in [2.75, 3.05) is 36.4 Å². The zero-order chi connectivity index (χ0) is 20.2. The van der Waals surface area contributed by atoms with Crippen LogP contribution in [0.1, 0.15) is 10.5 Å². The first-order chi connectivity index (χ1) is 14.1. The molecule has 0 atom stereocenters. The molecule has 1 aliphatic heterocycles. The van der Waals surface area contributed by atoms with Crippen LogP contribution < -0.4 is 10.2 Å². The molecule has 0 unspecified atom stereocenters. The number of hydrogen-bond acceptors (Lipinski definition) is 6. The number of aromatic nitrogens is 3. The smallest absolute Gasteiger partial charge is 0.274 e. The Morgan fingerprint density at radius 3 is 2.28 bits per heavy atom. The van der Waals surface area contributed by atoms with Gasteiger partial charge in [0.2, 0.25) is 0 Å². The van der Waals surface area contributed by atoms with Crippen LogP contribution in [-0.2, 0) is 0 Å². The molecule has 29 heavy (non-hydrogen) atoms. The number of amides is 1. The number of nitrogens with one attached hydrogen (secondary N) is 1. The molecule has 0 spiro atoms. The third kappa shape index (κ3) is 4.13. The Bertz CT molecular complexity index is 971. The van der Waals surface area contributed by atoms with Gasteiger partial charge in [-0.05, 0) is 36.4 Å². The van der Waals surface area contributed by atoms with Gasteiger partial charge in [-0.15, -0.1) is 10.2 Å². The van der Waals surface area contributed by atoms with Crippen LogP contribution in [0.5, 0.6) is 0 Å². The molecule has 3 aromatic rings. The van der Waals surface area contributed by atoms with Crippen LogP contribution in [0.3, 0.4) is 0 Å². The molecule has 148 valence electrons. The number of halogens is 2. The number of benzene rings is 1. The number of pyridine rings is 1. The van der Waals surface area contributed by atoms with Gasteiger partial charge in [-0.2, -0.15) is 0 Å². The van der Waals surface area contributed by atoms with Gasteiger partial charge >= 0.3 is 0 Å². The third-order valence-electron chi connectivity index (χ3n) is 4.64. The summed E-state index contributed by atoms with van der Waals surface area (Å²) in [6.45, 7) is 2.42. The van der Waals surface area contributed by atoms with Crippen molar-refractivity contribution in [3.8, 4) is 0 Å². The van der Waals surface area contributed by atoms with Crippen LogP contribution in [0.15, 0.2) is 54.7 Å². The highest BCUT2D eigenvalue weighted by Crippen LogP contribution is 2.22. The molecule has 1 N–H and O–H groups in total. The maximum Gasteiger partial charge on any atom is 0.274 e. The Kier molecular flexibility index (Phi) is 5.28. The highest BCUT2D eigenvalue weighted by atomic mass is 19.1. The fraction of sp³-hybridized carbons (Fsp3) is 0.200. The molecular weight excluding hydrogens is 378 g/mol. The maximum atomic E-state index is 13.7. The van der Waals surface area contributed by atoms with E-state index in [1.54, 1.807) is 11.1 Å². The van der Waals surface area contributed by atoms with Gasteiger partial charge in [0.25, 0.3) is 5.91 Å². The fourth-order valence-electron chi connectivity index (χ4n) is 3.10. The Labute approximate surface area is 166 Å². The lowest BCUT2D eigenvalue weighted by molar-refractivity contribution is 0.0739. The summed E-state index contributed by atoms with van der Waals surface area (Å²) >= 11 is 0. The standard InChI is InChI=1S/C20H18F2N6O/c21-14-4-3-5-15(22)19(14)24-17-8-7-16(25-26-17)20(29)28-12-10-27(11-13-28)18-6-1-2-9-23-18/h1-9H,10-13H2,(H,24,26). The zero-order valence-electron chi connectivity index (χ0n) is 15.4. The molecule has 1 aliphatic rings. The molecular formula is C20H18F2N6O. The average molecular weight is 396 g/mol. The second-order valence-electron chi connectivity index (χ2n) is 6.49. The molecule has 1 amide bonds. The van der Waals surface area contributed by atoms with E-state index in [2.05, 4.69) is 25.4 Å². The summed E-state index contributed by atoms with van der Waals surface area (Å²) in [7, 11) is 0. The second kappa shape index (κ2) is 8.17. The number of carbonyl (C=O) groups is 1. The zero-order valence-corrected chi connectivity index (χ0v) is 15.4. The second-order valence-corrected chi connectivity index (χ2v) is 6.49.